The smallest absolute Gasteiger partial charge is 0.410 e. The van der Waals surface area contributed by atoms with Crippen molar-refractivity contribution in [2.75, 3.05) is 65.4 Å². The van der Waals surface area contributed by atoms with Gasteiger partial charge < -0.3 is 19.3 Å². The monoisotopic (exact) mass is 874 g/mol. The van der Waals surface area contributed by atoms with Crippen molar-refractivity contribution < 1.29 is 19.1 Å². The van der Waals surface area contributed by atoms with E-state index < -0.39 is 0 Å². The SMILES string of the molecule is Cc1cccnc1CCc1ccc(OC(=O)N2CCN(CCCc3cccnc3)CC2)cc1.Cc1cccnc1CCc1ccc(OC(=O)N2CCN(CCc3cccnc3)CC2)cc1. The summed E-state index contributed by atoms with van der Waals surface area (Å²) in [7, 11) is 0. The fourth-order valence-corrected chi connectivity index (χ4v) is 8.06. The molecule has 4 aromatic heterocycles. The molecule has 0 radical (unpaired) electrons. The third kappa shape index (κ3) is 15.0. The lowest BCUT2D eigenvalue weighted by Crippen LogP contribution is -2.49. The summed E-state index contributed by atoms with van der Waals surface area (Å²) in [5.74, 6) is 1.18. The van der Waals surface area contributed by atoms with Crippen molar-refractivity contribution in [2.24, 2.45) is 0 Å². The van der Waals surface area contributed by atoms with E-state index in [2.05, 4.69) is 67.8 Å². The molecule has 0 unspecified atom stereocenters. The molecule has 2 amide bonds. The van der Waals surface area contributed by atoms with Crippen molar-refractivity contribution in [3.8, 4) is 11.5 Å². The number of amides is 2. The Balaban J connectivity index is 0.000000194. The van der Waals surface area contributed by atoms with Crippen LogP contribution in [-0.2, 0) is 38.5 Å². The van der Waals surface area contributed by atoms with Crippen LogP contribution in [0, 0.1) is 13.8 Å². The minimum absolute atomic E-state index is 0.262. The van der Waals surface area contributed by atoms with Crippen LogP contribution < -0.4 is 9.47 Å². The van der Waals surface area contributed by atoms with Crippen molar-refractivity contribution >= 4 is 12.2 Å². The van der Waals surface area contributed by atoms with Crippen LogP contribution >= 0.6 is 0 Å². The number of hydrogen-bond acceptors (Lipinski definition) is 10. The summed E-state index contributed by atoms with van der Waals surface area (Å²) in [6.07, 6.45) is 17.3. The Morgan fingerprint density at radius 1 is 0.462 bits per heavy atom. The van der Waals surface area contributed by atoms with Crippen LogP contribution in [0.15, 0.2) is 134 Å². The highest BCUT2D eigenvalue weighted by atomic mass is 16.6. The Morgan fingerprint density at radius 2 is 0.892 bits per heavy atom. The number of aryl methyl sites for hydroxylation is 7. The fourth-order valence-electron chi connectivity index (χ4n) is 8.06. The lowest BCUT2D eigenvalue weighted by atomic mass is 10.1. The first-order valence-electron chi connectivity index (χ1n) is 23.0. The van der Waals surface area contributed by atoms with Gasteiger partial charge in [0.1, 0.15) is 11.5 Å². The van der Waals surface area contributed by atoms with Crippen LogP contribution in [0.4, 0.5) is 9.59 Å². The molecule has 0 saturated carbocycles. The molecule has 0 atom stereocenters. The van der Waals surface area contributed by atoms with Crippen molar-refractivity contribution in [2.45, 2.75) is 58.8 Å². The van der Waals surface area contributed by atoms with E-state index in [0.717, 1.165) is 95.6 Å². The highest BCUT2D eigenvalue weighted by molar-refractivity contribution is 5.71. The zero-order chi connectivity index (χ0) is 45.1. The van der Waals surface area contributed by atoms with Gasteiger partial charge in [-0.05, 0) is 147 Å². The zero-order valence-corrected chi connectivity index (χ0v) is 37.9. The summed E-state index contributed by atoms with van der Waals surface area (Å²) < 4.78 is 11.2. The Bertz CT molecular complexity index is 2350. The highest BCUT2D eigenvalue weighted by Crippen LogP contribution is 2.19. The van der Waals surface area contributed by atoms with Crippen molar-refractivity contribution in [1.29, 1.82) is 0 Å². The maximum atomic E-state index is 12.6. The standard InChI is InChI=1S/C27H32N4O2.C26H30N4O2/c1-22-5-2-15-29-26(22)13-10-23-8-11-25(12-9-23)33-27(32)31-19-17-30(18-20-31)16-4-7-24-6-3-14-28-21-24;1-21-4-2-14-28-25(21)11-8-22-6-9-24(10-7-22)32-26(31)30-18-16-29(17-19-30)15-12-23-5-3-13-27-20-23/h2-3,5-6,8-9,11-12,14-15,21H,4,7,10,13,16-20H2,1H3;2-7,9-10,13-14,20H,8,11-12,15-19H2,1H3. The molecule has 338 valence electrons. The second-order valence-corrected chi connectivity index (χ2v) is 16.8. The molecule has 2 aliphatic heterocycles. The molecule has 2 aromatic carbocycles. The lowest BCUT2D eigenvalue weighted by Gasteiger charge is -2.34. The number of aromatic nitrogens is 4. The van der Waals surface area contributed by atoms with Gasteiger partial charge in [0.2, 0.25) is 0 Å². The number of rotatable bonds is 15. The Morgan fingerprint density at radius 3 is 1.32 bits per heavy atom. The van der Waals surface area contributed by atoms with Crippen LogP contribution in [0.5, 0.6) is 11.5 Å². The molecular weight excluding hydrogens is 813 g/mol. The normalized spacial score (nSPS) is 14.3. The summed E-state index contributed by atoms with van der Waals surface area (Å²) in [6.45, 7) is 12.5. The number of carbonyl (C=O) groups excluding carboxylic acids is 2. The van der Waals surface area contributed by atoms with E-state index in [4.69, 9.17) is 9.47 Å². The van der Waals surface area contributed by atoms with Gasteiger partial charge in [-0.15, -0.1) is 0 Å². The largest absolute Gasteiger partial charge is 0.415 e. The van der Waals surface area contributed by atoms with Gasteiger partial charge >= 0.3 is 12.2 Å². The van der Waals surface area contributed by atoms with Gasteiger partial charge in [-0.3, -0.25) is 29.7 Å². The van der Waals surface area contributed by atoms with Crippen LogP contribution in [-0.4, -0.2) is 117 Å². The van der Waals surface area contributed by atoms with E-state index in [1.54, 1.807) is 22.2 Å². The molecule has 6 heterocycles. The van der Waals surface area contributed by atoms with E-state index in [0.29, 0.717) is 37.7 Å². The molecular formula is C53H62N8O4. The predicted octanol–water partition coefficient (Wildman–Crippen LogP) is 8.25. The minimum Gasteiger partial charge on any atom is -0.410 e. The third-order valence-electron chi connectivity index (χ3n) is 12.2. The molecule has 0 aliphatic carbocycles. The van der Waals surface area contributed by atoms with E-state index in [1.165, 1.54) is 33.4 Å². The molecule has 6 aromatic rings. The number of nitrogens with zero attached hydrogens (tertiary/aromatic N) is 8. The molecule has 2 aliphatic rings. The van der Waals surface area contributed by atoms with Gasteiger partial charge in [0.05, 0.1) is 0 Å². The molecule has 8 rings (SSSR count). The first kappa shape index (κ1) is 46.5. The maximum Gasteiger partial charge on any atom is 0.415 e. The maximum absolute atomic E-state index is 12.6. The molecule has 0 spiro atoms. The summed E-state index contributed by atoms with van der Waals surface area (Å²) in [5, 5.41) is 0. The number of ether oxygens (including phenoxy) is 2. The van der Waals surface area contributed by atoms with Crippen LogP contribution in [0.3, 0.4) is 0 Å². The van der Waals surface area contributed by atoms with Gasteiger partial charge in [0.25, 0.3) is 0 Å². The second-order valence-electron chi connectivity index (χ2n) is 16.8. The Hall–Kier alpha value is -6.50. The zero-order valence-electron chi connectivity index (χ0n) is 37.9. The Labute approximate surface area is 384 Å². The fraction of sp³-hybridized carbons (Fsp3) is 0.358. The molecule has 65 heavy (non-hydrogen) atoms. The Kier molecular flexibility index (Phi) is 17.5. The number of pyridine rings is 4. The van der Waals surface area contributed by atoms with Gasteiger partial charge in [-0.25, -0.2) is 9.59 Å². The lowest BCUT2D eigenvalue weighted by molar-refractivity contribution is 0.110. The summed E-state index contributed by atoms with van der Waals surface area (Å²) in [6, 6.07) is 31.9. The topological polar surface area (TPSA) is 117 Å². The van der Waals surface area contributed by atoms with Crippen molar-refractivity contribution in [3.63, 3.8) is 0 Å². The predicted molar refractivity (Wildman–Crippen MR) is 254 cm³/mol. The molecule has 0 bridgehead atoms. The van der Waals surface area contributed by atoms with E-state index in [1.807, 2.05) is 97.6 Å². The first-order chi connectivity index (χ1) is 31.8. The minimum atomic E-state index is -0.270. The van der Waals surface area contributed by atoms with E-state index in [-0.39, 0.29) is 12.2 Å². The quantitative estimate of drug-likeness (QED) is 0.0999. The number of carbonyl (C=O) groups is 2. The molecule has 12 heteroatoms. The van der Waals surface area contributed by atoms with Crippen LogP contribution in [0.1, 0.15) is 51.2 Å². The van der Waals surface area contributed by atoms with Crippen molar-refractivity contribution in [3.05, 3.63) is 179 Å². The third-order valence-corrected chi connectivity index (χ3v) is 12.2. The molecule has 0 N–H and O–H groups in total. The van der Waals surface area contributed by atoms with Gasteiger partial charge in [-0.2, -0.15) is 0 Å². The molecule has 12 nitrogen and oxygen atoms in total. The molecule has 2 saturated heterocycles. The number of benzene rings is 2. The summed E-state index contributed by atoms with van der Waals surface area (Å²) in [5.41, 5.74) is 9.63. The van der Waals surface area contributed by atoms with E-state index in [9.17, 15) is 9.59 Å². The first-order valence-corrected chi connectivity index (χ1v) is 23.0. The van der Waals surface area contributed by atoms with Gasteiger partial charge in [0.15, 0.2) is 0 Å². The average Bonchev–Trinajstić information content (AvgIpc) is 3.35. The van der Waals surface area contributed by atoms with Crippen molar-refractivity contribution in [1.82, 2.24) is 39.5 Å². The molecule has 2 fully saturated rings. The van der Waals surface area contributed by atoms with Crippen LogP contribution in [0.25, 0.3) is 0 Å². The van der Waals surface area contributed by atoms with Gasteiger partial charge in [0, 0.05) is 107 Å². The number of piperazine rings is 2. The highest BCUT2D eigenvalue weighted by Gasteiger charge is 2.24. The number of hydrogen-bond donors (Lipinski definition) is 0. The summed E-state index contributed by atoms with van der Waals surface area (Å²) >= 11 is 0. The second kappa shape index (κ2) is 24.5. The average molecular weight is 875 g/mol. The van der Waals surface area contributed by atoms with E-state index >= 15 is 0 Å². The van der Waals surface area contributed by atoms with Crippen LogP contribution in [0.2, 0.25) is 0 Å². The summed E-state index contributed by atoms with van der Waals surface area (Å²) in [4.78, 5) is 50.8. The van der Waals surface area contributed by atoms with Gasteiger partial charge in [-0.1, -0.05) is 48.5 Å².